The van der Waals surface area contributed by atoms with Crippen molar-refractivity contribution in [2.24, 2.45) is 0 Å². The molecule has 2 amide bonds. The number of anilines is 1. The Balaban J connectivity index is 1.72. The number of rotatable bonds is 8. The zero-order valence-corrected chi connectivity index (χ0v) is 18.4. The van der Waals surface area contributed by atoms with Crippen LogP contribution in [0.1, 0.15) is 36.3 Å². The van der Waals surface area contributed by atoms with Gasteiger partial charge in [0.25, 0.3) is 5.91 Å². The van der Waals surface area contributed by atoms with Gasteiger partial charge in [-0.05, 0) is 30.5 Å². The van der Waals surface area contributed by atoms with Gasteiger partial charge in [0.15, 0.2) is 17.5 Å². The van der Waals surface area contributed by atoms with Gasteiger partial charge in [-0.3, -0.25) is 9.59 Å². The van der Waals surface area contributed by atoms with E-state index in [0.717, 1.165) is 18.1 Å². The van der Waals surface area contributed by atoms with Gasteiger partial charge in [-0.15, -0.1) is 11.3 Å². The van der Waals surface area contributed by atoms with Gasteiger partial charge >= 0.3 is 0 Å². The van der Waals surface area contributed by atoms with Gasteiger partial charge in [0.2, 0.25) is 5.91 Å². The highest BCUT2D eigenvalue weighted by Crippen LogP contribution is 2.25. The van der Waals surface area contributed by atoms with E-state index in [9.17, 15) is 22.8 Å². The second-order valence-electron chi connectivity index (χ2n) is 7.09. The van der Waals surface area contributed by atoms with Crippen molar-refractivity contribution < 1.29 is 22.8 Å². The molecule has 9 heteroatoms. The number of carbonyl (C=O) groups excluding carboxylic acids is 2. The number of aromatic nitrogens is 1. The summed E-state index contributed by atoms with van der Waals surface area (Å²) < 4.78 is 40.3. The Morgan fingerprint density at radius 2 is 1.75 bits per heavy atom. The van der Waals surface area contributed by atoms with Crippen molar-refractivity contribution >= 4 is 28.8 Å². The fraction of sp³-hybridized carbons (Fsp3) is 0.261. The highest BCUT2D eigenvalue weighted by atomic mass is 32.1. The van der Waals surface area contributed by atoms with Gasteiger partial charge in [0, 0.05) is 17.5 Å². The zero-order chi connectivity index (χ0) is 23.3. The van der Waals surface area contributed by atoms with Crippen LogP contribution in [0.25, 0.3) is 10.6 Å². The Labute approximate surface area is 187 Å². The number of hydrogen-bond donors (Lipinski definition) is 1. The van der Waals surface area contributed by atoms with Crippen LogP contribution in [-0.4, -0.2) is 34.8 Å². The van der Waals surface area contributed by atoms with Crippen LogP contribution < -0.4 is 5.32 Å². The van der Waals surface area contributed by atoms with Crippen LogP contribution in [0.4, 0.5) is 18.9 Å². The van der Waals surface area contributed by atoms with Gasteiger partial charge in [0.05, 0.1) is 5.69 Å². The van der Waals surface area contributed by atoms with Crippen molar-refractivity contribution in [3.05, 3.63) is 70.5 Å². The third-order valence-electron chi connectivity index (χ3n) is 4.76. The minimum atomic E-state index is -1.67. The predicted molar refractivity (Wildman–Crippen MR) is 118 cm³/mol. The molecule has 168 valence electrons. The monoisotopic (exact) mass is 461 g/mol. The molecule has 3 aromatic rings. The van der Waals surface area contributed by atoms with Crippen LogP contribution in [0.3, 0.4) is 0 Å². The number of thiazole rings is 1. The van der Waals surface area contributed by atoms with E-state index < -0.39 is 35.0 Å². The van der Waals surface area contributed by atoms with Crippen LogP contribution in [-0.2, 0) is 11.2 Å². The minimum absolute atomic E-state index is 0.199. The Bertz CT molecular complexity index is 1120. The third kappa shape index (κ3) is 5.34. The van der Waals surface area contributed by atoms with Gasteiger partial charge in [-0.25, -0.2) is 18.2 Å². The summed E-state index contributed by atoms with van der Waals surface area (Å²) in [6.07, 6.45) is 1.50. The maximum absolute atomic E-state index is 13.8. The smallest absolute Gasteiger partial charge is 0.273 e. The van der Waals surface area contributed by atoms with E-state index in [4.69, 9.17) is 0 Å². The van der Waals surface area contributed by atoms with E-state index in [1.807, 2.05) is 31.2 Å². The maximum Gasteiger partial charge on any atom is 0.273 e. The summed E-state index contributed by atoms with van der Waals surface area (Å²) in [6.45, 7) is 3.79. The van der Waals surface area contributed by atoms with Crippen LogP contribution in [0.15, 0.2) is 41.8 Å². The van der Waals surface area contributed by atoms with Crippen LogP contribution in [0.2, 0.25) is 0 Å². The molecule has 2 aromatic carbocycles. The van der Waals surface area contributed by atoms with Gasteiger partial charge < -0.3 is 10.2 Å². The third-order valence-corrected chi connectivity index (χ3v) is 5.65. The summed E-state index contributed by atoms with van der Waals surface area (Å²) in [5.41, 5.74) is 1.79. The molecule has 1 aromatic heterocycles. The molecule has 32 heavy (non-hydrogen) atoms. The quantitative estimate of drug-likeness (QED) is 0.464. The van der Waals surface area contributed by atoms with Crippen molar-refractivity contribution in [2.75, 3.05) is 18.4 Å². The zero-order valence-electron chi connectivity index (χ0n) is 17.6. The van der Waals surface area contributed by atoms with Crippen LogP contribution in [0, 0.1) is 17.5 Å². The number of amides is 2. The maximum atomic E-state index is 13.8. The number of carbonyl (C=O) groups is 2. The fourth-order valence-electron chi connectivity index (χ4n) is 3.06. The molecule has 0 aliphatic heterocycles. The molecule has 1 N–H and O–H groups in total. The standard InChI is InChI=1S/C23H22F3N3O2S/c1-3-11-29(12-19(30)27-17-10-9-16(24)20(25)21(17)26)23(31)18-13-32-22(28-18)15-7-5-14(4-2)6-8-15/h5-10,13H,3-4,11-12H2,1-2H3,(H,27,30). The number of aryl methyl sites for hydroxylation is 1. The molecule has 0 radical (unpaired) electrons. The van der Waals surface area contributed by atoms with E-state index in [1.165, 1.54) is 21.8 Å². The number of halogens is 3. The molecule has 3 rings (SSSR count). The fourth-order valence-corrected chi connectivity index (χ4v) is 3.86. The molecule has 1 heterocycles. The molecule has 0 atom stereocenters. The molecule has 0 aliphatic rings. The number of hydrogen-bond acceptors (Lipinski definition) is 4. The number of nitrogens with one attached hydrogen (secondary N) is 1. The van der Waals surface area contributed by atoms with Crippen molar-refractivity contribution in [3.63, 3.8) is 0 Å². The summed E-state index contributed by atoms with van der Waals surface area (Å²) in [5.74, 6) is -5.70. The van der Waals surface area contributed by atoms with Gasteiger partial charge in [-0.2, -0.15) is 0 Å². The second kappa shape index (κ2) is 10.4. The van der Waals surface area contributed by atoms with Crippen LogP contribution >= 0.6 is 11.3 Å². The summed E-state index contributed by atoms with van der Waals surface area (Å²) in [6, 6.07) is 9.53. The lowest BCUT2D eigenvalue weighted by molar-refractivity contribution is -0.116. The number of benzene rings is 2. The first-order valence-electron chi connectivity index (χ1n) is 10.1. The molecule has 0 saturated heterocycles. The van der Waals surface area contributed by atoms with E-state index in [-0.39, 0.29) is 18.8 Å². The Morgan fingerprint density at radius 1 is 1.03 bits per heavy atom. The van der Waals surface area contributed by atoms with Crippen molar-refractivity contribution in [1.82, 2.24) is 9.88 Å². The molecule has 5 nitrogen and oxygen atoms in total. The second-order valence-corrected chi connectivity index (χ2v) is 7.94. The first-order valence-corrected chi connectivity index (χ1v) is 11.0. The molecular weight excluding hydrogens is 439 g/mol. The normalized spacial score (nSPS) is 10.8. The molecule has 0 saturated carbocycles. The molecule has 0 unspecified atom stereocenters. The van der Waals surface area contributed by atoms with E-state index in [2.05, 4.69) is 17.2 Å². The average Bonchev–Trinajstić information content (AvgIpc) is 3.29. The molecule has 0 bridgehead atoms. The average molecular weight is 462 g/mol. The lowest BCUT2D eigenvalue weighted by atomic mass is 10.1. The minimum Gasteiger partial charge on any atom is -0.328 e. The van der Waals surface area contributed by atoms with Gasteiger partial charge in [-0.1, -0.05) is 38.1 Å². The Morgan fingerprint density at radius 3 is 2.41 bits per heavy atom. The number of nitrogens with zero attached hydrogens (tertiary/aromatic N) is 2. The SMILES string of the molecule is CCCN(CC(=O)Nc1ccc(F)c(F)c1F)C(=O)c1csc(-c2ccc(CC)cc2)n1. The highest BCUT2D eigenvalue weighted by molar-refractivity contribution is 7.13. The molecule has 0 spiro atoms. The summed E-state index contributed by atoms with van der Waals surface area (Å²) in [5, 5.41) is 4.49. The summed E-state index contributed by atoms with van der Waals surface area (Å²) in [7, 11) is 0. The first kappa shape index (κ1) is 23.5. The summed E-state index contributed by atoms with van der Waals surface area (Å²) >= 11 is 1.32. The first-order chi connectivity index (χ1) is 15.3. The lowest BCUT2D eigenvalue weighted by Crippen LogP contribution is -2.38. The Kier molecular flexibility index (Phi) is 7.63. The van der Waals surface area contributed by atoms with Crippen molar-refractivity contribution in [1.29, 1.82) is 0 Å². The molecule has 0 aliphatic carbocycles. The lowest BCUT2D eigenvalue weighted by Gasteiger charge is -2.20. The van der Waals surface area contributed by atoms with Gasteiger partial charge in [0.1, 0.15) is 17.2 Å². The molecular formula is C23H22F3N3O2S. The highest BCUT2D eigenvalue weighted by Gasteiger charge is 2.22. The topological polar surface area (TPSA) is 62.3 Å². The summed E-state index contributed by atoms with van der Waals surface area (Å²) in [4.78, 5) is 31.0. The van der Waals surface area contributed by atoms with E-state index in [0.29, 0.717) is 17.5 Å². The largest absolute Gasteiger partial charge is 0.328 e. The predicted octanol–water partition coefficient (Wildman–Crippen LogP) is 5.28. The van der Waals surface area contributed by atoms with Crippen molar-refractivity contribution in [2.45, 2.75) is 26.7 Å². The van der Waals surface area contributed by atoms with E-state index in [1.54, 1.807) is 5.38 Å². The molecule has 0 fully saturated rings. The Hall–Kier alpha value is -3.20. The van der Waals surface area contributed by atoms with Crippen LogP contribution in [0.5, 0.6) is 0 Å². The van der Waals surface area contributed by atoms with E-state index >= 15 is 0 Å². The van der Waals surface area contributed by atoms with Crippen molar-refractivity contribution in [3.8, 4) is 10.6 Å².